The predicted octanol–water partition coefficient (Wildman–Crippen LogP) is 0.775. The molecule has 0 aromatic rings. The molecule has 0 radical (unpaired) electrons. The van der Waals surface area contributed by atoms with Gasteiger partial charge < -0.3 is 15.2 Å². The van der Waals surface area contributed by atoms with Gasteiger partial charge in [0.25, 0.3) is 0 Å². The number of ether oxygens (including phenoxy) is 1. The van der Waals surface area contributed by atoms with Gasteiger partial charge >= 0.3 is 0 Å². The Morgan fingerprint density at radius 2 is 2.23 bits per heavy atom. The van der Waals surface area contributed by atoms with E-state index in [4.69, 9.17) is 9.84 Å². The van der Waals surface area contributed by atoms with Gasteiger partial charge in [0.05, 0.1) is 0 Å². The standard InChI is InChI=1S/C10H21NO2/c12-7-2-8-13-9-10-3-1-5-11-6-4-10/h10-12H,1-9H2. The Labute approximate surface area is 80.5 Å². The fraction of sp³-hybridized carbons (Fsp3) is 1.00. The second kappa shape index (κ2) is 7.30. The molecular formula is C10H21NO2. The van der Waals surface area contributed by atoms with Crippen molar-refractivity contribution in [1.29, 1.82) is 0 Å². The molecule has 1 atom stereocenters. The van der Waals surface area contributed by atoms with Crippen molar-refractivity contribution >= 4 is 0 Å². The van der Waals surface area contributed by atoms with Crippen molar-refractivity contribution in [1.82, 2.24) is 5.32 Å². The van der Waals surface area contributed by atoms with E-state index in [1.165, 1.54) is 19.3 Å². The van der Waals surface area contributed by atoms with Crippen molar-refractivity contribution in [3.8, 4) is 0 Å². The third-order valence-electron chi connectivity index (χ3n) is 2.50. The van der Waals surface area contributed by atoms with Crippen LogP contribution in [0.5, 0.6) is 0 Å². The first kappa shape index (κ1) is 11.0. The molecule has 0 amide bonds. The van der Waals surface area contributed by atoms with Crippen molar-refractivity contribution < 1.29 is 9.84 Å². The van der Waals surface area contributed by atoms with E-state index >= 15 is 0 Å². The summed E-state index contributed by atoms with van der Waals surface area (Å²) in [7, 11) is 0. The largest absolute Gasteiger partial charge is 0.396 e. The SMILES string of the molecule is OCCCOCC1CCCNCC1. The van der Waals surface area contributed by atoms with Gasteiger partial charge in [0, 0.05) is 19.8 Å². The molecule has 1 saturated heterocycles. The Bertz CT molecular complexity index is 111. The molecule has 0 bridgehead atoms. The van der Waals surface area contributed by atoms with Crippen LogP contribution >= 0.6 is 0 Å². The third-order valence-corrected chi connectivity index (χ3v) is 2.50. The number of aliphatic hydroxyl groups excluding tert-OH is 1. The minimum Gasteiger partial charge on any atom is -0.396 e. The van der Waals surface area contributed by atoms with Crippen molar-refractivity contribution in [3.05, 3.63) is 0 Å². The highest BCUT2D eigenvalue weighted by atomic mass is 16.5. The van der Waals surface area contributed by atoms with Crippen LogP contribution in [0, 0.1) is 5.92 Å². The molecule has 2 N–H and O–H groups in total. The fourth-order valence-electron chi connectivity index (χ4n) is 1.67. The molecule has 1 aliphatic heterocycles. The monoisotopic (exact) mass is 187 g/mol. The molecule has 1 fully saturated rings. The van der Waals surface area contributed by atoms with Gasteiger partial charge in [-0.2, -0.15) is 0 Å². The van der Waals surface area contributed by atoms with Crippen LogP contribution in [-0.4, -0.2) is 38.0 Å². The van der Waals surface area contributed by atoms with E-state index in [2.05, 4.69) is 5.32 Å². The molecule has 78 valence electrons. The number of hydrogen-bond donors (Lipinski definition) is 2. The van der Waals surface area contributed by atoms with Gasteiger partial charge in [-0.1, -0.05) is 0 Å². The number of nitrogens with one attached hydrogen (secondary N) is 1. The highest BCUT2D eigenvalue weighted by Gasteiger charge is 2.11. The highest BCUT2D eigenvalue weighted by Crippen LogP contribution is 2.13. The number of hydrogen-bond acceptors (Lipinski definition) is 3. The van der Waals surface area contributed by atoms with Crippen molar-refractivity contribution in [2.24, 2.45) is 5.92 Å². The van der Waals surface area contributed by atoms with Gasteiger partial charge in [-0.3, -0.25) is 0 Å². The van der Waals surface area contributed by atoms with Crippen LogP contribution in [-0.2, 0) is 4.74 Å². The fourth-order valence-corrected chi connectivity index (χ4v) is 1.67. The van der Waals surface area contributed by atoms with Crippen LogP contribution in [0.15, 0.2) is 0 Å². The smallest absolute Gasteiger partial charge is 0.0494 e. The summed E-state index contributed by atoms with van der Waals surface area (Å²) in [5, 5.41) is 11.9. The summed E-state index contributed by atoms with van der Waals surface area (Å²) in [6, 6.07) is 0. The van der Waals surface area contributed by atoms with Crippen LogP contribution in [0.1, 0.15) is 25.7 Å². The summed E-state index contributed by atoms with van der Waals surface area (Å²) in [6.07, 6.45) is 4.56. The third kappa shape index (κ3) is 5.24. The van der Waals surface area contributed by atoms with Crippen molar-refractivity contribution in [2.75, 3.05) is 32.9 Å². The molecule has 1 unspecified atom stereocenters. The zero-order valence-electron chi connectivity index (χ0n) is 8.30. The number of aliphatic hydroxyl groups is 1. The molecule has 3 heteroatoms. The van der Waals surface area contributed by atoms with Gasteiger partial charge in [0.15, 0.2) is 0 Å². The molecule has 1 aliphatic rings. The topological polar surface area (TPSA) is 41.5 Å². The summed E-state index contributed by atoms with van der Waals surface area (Å²) >= 11 is 0. The van der Waals surface area contributed by atoms with Crippen LogP contribution in [0.4, 0.5) is 0 Å². The second-order valence-electron chi connectivity index (χ2n) is 3.70. The Morgan fingerprint density at radius 1 is 1.31 bits per heavy atom. The first-order chi connectivity index (χ1) is 6.43. The zero-order valence-corrected chi connectivity index (χ0v) is 8.30. The van der Waals surface area contributed by atoms with Crippen molar-refractivity contribution in [2.45, 2.75) is 25.7 Å². The van der Waals surface area contributed by atoms with E-state index in [0.29, 0.717) is 6.61 Å². The van der Waals surface area contributed by atoms with Crippen LogP contribution in [0.25, 0.3) is 0 Å². The van der Waals surface area contributed by atoms with Gasteiger partial charge in [-0.25, -0.2) is 0 Å². The molecule has 1 heterocycles. The molecule has 1 rings (SSSR count). The lowest BCUT2D eigenvalue weighted by atomic mass is 10.0. The quantitative estimate of drug-likeness (QED) is 0.625. The first-order valence-corrected chi connectivity index (χ1v) is 5.33. The summed E-state index contributed by atoms with van der Waals surface area (Å²) < 4.78 is 5.48. The summed E-state index contributed by atoms with van der Waals surface area (Å²) in [4.78, 5) is 0. The summed E-state index contributed by atoms with van der Waals surface area (Å²) in [5.41, 5.74) is 0. The van der Waals surface area contributed by atoms with E-state index in [1.54, 1.807) is 0 Å². The Morgan fingerprint density at radius 3 is 3.08 bits per heavy atom. The molecule has 0 aromatic heterocycles. The number of rotatable bonds is 5. The molecule has 3 nitrogen and oxygen atoms in total. The van der Waals surface area contributed by atoms with E-state index in [0.717, 1.165) is 32.0 Å². The lowest BCUT2D eigenvalue weighted by molar-refractivity contribution is 0.0829. The Kier molecular flexibility index (Phi) is 6.15. The summed E-state index contributed by atoms with van der Waals surface area (Å²) in [5.74, 6) is 0.730. The van der Waals surface area contributed by atoms with Gasteiger partial charge in [-0.15, -0.1) is 0 Å². The maximum atomic E-state index is 8.56. The van der Waals surface area contributed by atoms with E-state index in [1.807, 2.05) is 0 Å². The molecule has 0 aliphatic carbocycles. The van der Waals surface area contributed by atoms with Crippen LogP contribution in [0.2, 0.25) is 0 Å². The molecule has 0 spiro atoms. The Hall–Kier alpha value is -0.120. The maximum absolute atomic E-state index is 8.56. The lowest BCUT2D eigenvalue weighted by Crippen LogP contribution is -2.15. The average Bonchev–Trinajstić information content (AvgIpc) is 2.41. The normalized spacial score (nSPS) is 24.2. The van der Waals surface area contributed by atoms with Gasteiger partial charge in [-0.05, 0) is 44.7 Å². The average molecular weight is 187 g/mol. The van der Waals surface area contributed by atoms with Gasteiger partial charge in [0.1, 0.15) is 0 Å². The second-order valence-corrected chi connectivity index (χ2v) is 3.70. The van der Waals surface area contributed by atoms with Crippen molar-refractivity contribution in [3.63, 3.8) is 0 Å². The van der Waals surface area contributed by atoms with E-state index in [-0.39, 0.29) is 6.61 Å². The van der Waals surface area contributed by atoms with Crippen LogP contribution < -0.4 is 5.32 Å². The van der Waals surface area contributed by atoms with E-state index < -0.39 is 0 Å². The molecular weight excluding hydrogens is 166 g/mol. The van der Waals surface area contributed by atoms with Gasteiger partial charge in [0.2, 0.25) is 0 Å². The lowest BCUT2D eigenvalue weighted by Gasteiger charge is -2.13. The molecule has 13 heavy (non-hydrogen) atoms. The van der Waals surface area contributed by atoms with Crippen LogP contribution in [0.3, 0.4) is 0 Å². The molecule has 0 saturated carbocycles. The van der Waals surface area contributed by atoms with E-state index in [9.17, 15) is 0 Å². The maximum Gasteiger partial charge on any atom is 0.0494 e. The minimum atomic E-state index is 0.242. The molecule has 0 aromatic carbocycles. The highest BCUT2D eigenvalue weighted by molar-refractivity contribution is 4.65. The minimum absolute atomic E-state index is 0.242. The summed E-state index contributed by atoms with van der Waals surface area (Å²) in [6.45, 7) is 4.12. The Balaban J connectivity index is 1.98. The predicted molar refractivity (Wildman–Crippen MR) is 52.7 cm³/mol. The zero-order chi connectivity index (χ0) is 9.36. The first-order valence-electron chi connectivity index (χ1n) is 5.33.